The number of benzene rings is 1. The predicted octanol–water partition coefficient (Wildman–Crippen LogP) is 0.803. The molecule has 1 amide bonds. The van der Waals surface area contributed by atoms with Gasteiger partial charge in [-0.3, -0.25) is 4.79 Å². The molecule has 0 saturated carbocycles. The molecular formula is C12H13N3O. The molecule has 0 radical (unpaired) electrons. The number of rotatable bonds is 1. The van der Waals surface area contributed by atoms with Gasteiger partial charge < -0.3 is 10.2 Å². The molecule has 0 spiro atoms. The number of anilines is 1. The zero-order valence-electron chi connectivity index (χ0n) is 9.16. The van der Waals surface area contributed by atoms with E-state index < -0.39 is 0 Å². The Hall–Kier alpha value is -2.02. The SMILES string of the molecule is Cc1ccc(N2CCNC(=O)C2)c(C#N)c1. The van der Waals surface area contributed by atoms with Crippen LogP contribution in [-0.4, -0.2) is 25.5 Å². The molecule has 1 aromatic rings. The van der Waals surface area contributed by atoms with Crippen molar-refractivity contribution in [2.45, 2.75) is 6.92 Å². The van der Waals surface area contributed by atoms with Gasteiger partial charge in [-0.1, -0.05) is 6.07 Å². The maximum Gasteiger partial charge on any atom is 0.239 e. The average molecular weight is 215 g/mol. The Kier molecular flexibility index (Phi) is 2.78. The Morgan fingerprint density at radius 1 is 1.50 bits per heavy atom. The fourth-order valence-corrected chi connectivity index (χ4v) is 1.86. The van der Waals surface area contributed by atoms with Crippen molar-refractivity contribution >= 4 is 11.6 Å². The van der Waals surface area contributed by atoms with Crippen LogP contribution in [0.2, 0.25) is 0 Å². The number of nitriles is 1. The van der Waals surface area contributed by atoms with Crippen LogP contribution in [0.5, 0.6) is 0 Å². The Labute approximate surface area is 94.5 Å². The van der Waals surface area contributed by atoms with Crippen LogP contribution in [0.15, 0.2) is 18.2 Å². The van der Waals surface area contributed by atoms with Crippen LogP contribution in [-0.2, 0) is 4.79 Å². The van der Waals surface area contributed by atoms with E-state index in [-0.39, 0.29) is 5.91 Å². The number of nitrogens with one attached hydrogen (secondary N) is 1. The van der Waals surface area contributed by atoms with Gasteiger partial charge in [0.05, 0.1) is 17.8 Å². The van der Waals surface area contributed by atoms with Gasteiger partial charge in [0.2, 0.25) is 5.91 Å². The Morgan fingerprint density at radius 3 is 3.00 bits per heavy atom. The molecule has 1 aliphatic rings. The molecule has 4 heteroatoms. The van der Waals surface area contributed by atoms with E-state index in [1.165, 1.54) is 0 Å². The largest absolute Gasteiger partial charge is 0.359 e. The minimum absolute atomic E-state index is 0.00992. The number of nitrogens with zero attached hydrogens (tertiary/aromatic N) is 2. The first-order valence-corrected chi connectivity index (χ1v) is 5.23. The third-order valence-corrected chi connectivity index (χ3v) is 2.65. The first-order valence-electron chi connectivity index (χ1n) is 5.23. The lowest BCUT2D eigenvalue weighted by atomic mass is 10.1. The van der Waals surface area contributed by atoms with Crippen molar-refractivity contribution in [3.63, 3.8) is 0 Å². The molecule has 2 rings (SSSR count). The minimum atomic E-state index is 0.00992. The number of piperazine rings is 1. The van der Waals surface area contributed by atoms with E-state index in [0.717, 1.165) is 17.8 Å². The molecule has 1 aromatic carbocycles. The number of carbonyl (C=O) groups excluding carboxylic acids is 1. The Balaban J connectivity index is 2.32. The molecule has 0 unspecified atom stereocenters. The van der Waals surface area contributed by atoms with Gasteiger partial charge in [-0.2, -0.15) is 5.26 Å². The summed E-state index contributed by atoms with van der Waals surface area (Å²) in [4.78, 5) is 13.2. The standard InChI is InChI=1S/C12H13N3O/c1-9-2-3-11(10(6-9)7-13)15-5-4-14-12(16)8-15/h2-3,6H,4-5,8H2,1H3,(H,14,16). The Morgan fingerprint density at radius 2 is 2.31 bits per heavy atom. The van der Waals surface area contributed by atoms with Crippen molar-refractivity contribution in [1.29, 1.82) is 5.26 Å². The summed E-state index contributed by atoms with van der Waals surface area (Å²) in [7, 11) is 0. The van der Waals surface area contributed by atoms with Gasteiger partial charge in [-0.25, -0.2) is 0 Å². The maximum absolute atomic E-state index is 11.3. The van der Waals surface area contributed by atoms with E-state index in [1.54, 1.807) is 0 Å². The molecule has 1 aliphatic heterocycles. The second-order valence-corrected chi connectivity index (χ2v) is 3.90. The summed E-state index contributed by atoms with van der Waals surface area (Å²) in [5, 5.41) is 11.8. The molecule has 0 aliphatic carbocycles. The summed E-state index contributed by atoms with van der Waals surface area (Å²) in [6.07, 6.45) is 0. The zero-order chi connectivity index (χ0) is 11.5. The second-order valence-electron chi connectivity index (χ2n) is 3.90. The van der Waals surface area contributed by atoms with E-state index in [1.807, 2.05) is 30.0 Å². The van der Waals surface area contributed by atoms with Gasteiger partial charge in [-0.05, 0) is 24.6 Å². The first kappa shape index (κ1) is 10.5. The van der Waals surface area contributed by atoms with Crippen LogP contribution in [0.3, 0.4) is 0 Å². The van der Waals surface area contributed by atoms with E-state index in [4.69, 9.17) is 5.26 Å². The van der Waals surface area contributed by atoms with Gasteiger partial charge in [0.25, 0.3) is 0 Å². The van der Waals surface area contributed by atoms with Crippen molar-refractivity contribution in [3.8, 4) is 6.07 Å². The van der Waals surface area contributed by atoms with E-state index in [9.17, 15) is 4.79 Å². The topological polar surface area (TPSA) is 56.1 Å². The highest BCUT2D eigenvalue weighted by atomic mass is 16.2. The fraction of sp³-hybridized carbons (Fsp3) is 0.333. The molecule has 0 atom stereocenters. The summed E-state index contributed by atoms with van der Waals surface area (Å²) in [6.45, 7) is 3.67. The molecule has 16 heavy (non-hydrogen) atoms. The molecule has 1 saturated heterocycles. The third-order valence-electron chi connectivity index (χ3n) is 2.65. The zero-order valence-corrected chi connectivity index (χ0v) is 9.16. The van der Waals surface area contributed by atoms with Crippen LogP contribution < -0.4 is 10.2 Å². The van der Waals surface area contributed by atoms with Crippen molar-refractivity contribution in [2.75, 3.05) is 24.5 Å². The average Bonchev–Trinajstić information content (AvgIpc) is 2.28. The molecule has 1 heterocycles. The Bertz CT molecular complexity index is 462. The van der Waals surface area contributed by atoms with Gasteiger partial charge in [0.15, 0.2) is 0 Å². The highest BCUT2D eigenvalue weighted by Gasteiger charge is 2.18. The van der Waals surface area contributed by atoms with E-state index in [2.05, 4.69) is 11.4 Å². The lowest BCUT2D eigenvalue weighted by Gasteiger charge is -2.29. The number of carbonyl (C=O) groups is 1. The quantitative estimate of drug-likeness (QED) is 0.754. The summed E-state index contributed by atoms with van der Waals surface area (Å²) in [6, 6.07) is 7.89. The molecule has 1 fully saturated rings. The molecular weight excluding hydrogens is 202 g/mol. The fourth-order valence-electron chi connectivity index (χ4n) is 1.86. The van der Waals surface area contributed by atoms with Crippen molar-refractivity contribution in [3.05, 3.63) is 29.3 Å². The smallest absolute Gasteiger partial charge is 0.239 e. The van der Waals surface area contributed by atoms with E-state index in [0.29, 0.717) is 18.7 Å². The van der Waals surface area contributed by atoms with Gasteiger partial charge in [0, 0.05) is 13.1 Å². The van der Waals surface area contributed by atoms with Gasteiger partial charge in [-0.15, -0.1) is 0 Å². The molecule has 1 N–H and O–H groups in total. The van der Waals surface area contributed by atoms with Crippen LogP contribution in [0.25, 0.3) is 0 Å². The molecule has 4 nitrogen and oxygen atoms in total. The second kappa shape index (κ2) is 4.23. The van der Waals surface area contributed by atoms with Crippen molar-refractivity contribution in [2.24, 2.45) is 0 Å². The minimum Gasteiger partial charge on any atom is -0.359 e. The molecule has 0 aromatic heterocycles. The summed E-state index contributed by atoms with van der Waals surface area (Å²) in [5.41, 5.74) is 2.54. The predicted molar refractivity (Wildman–Crippen MR) is 61.1 cm³/mol. The van der Waals surface area contributed by atoms with Crippen LogP contribution >= 0.6 is 0 Å². The molecule has 0 bridgehead atoms. The summed E-state index contributed by atoms with van der Waals surface area (Å²) in [5.74, 6) is 0.00992. The van der Waals surface area contributed by atoms with Gasteiger partial charge in [0.1, 0.15) is 6.07 Å². The summed E-state index contributed by atoms with van der Waals surface area (Å²) >= 11 is 0. The summed E-state index contributed by atoms with van der Waals surface area (Å²) < 4.78 is 0. The number of amides is 1. The van der Waals surface area contributed by atoms with Crippen molar-refractivity contribution < 1.29 is 4.79 Å². The number of hydrogen-bond acceptors (Lipinski definition) is 3. The van der Waals surface area contributed by atoms with Crippen LogP contribution in [0.4, 0.5) is 5.69 Å². The van der Waals surface area contributed by atoms with Gasteiger partial charge >= 0.3 is 0 Å². The lowest BCUT2D eigenvalue weighted by Crippen LogP contribution is -2.47. The third kappa shape index (κ3) is 1.98. The highest BCUT2D eigenvalue weighted by molar-refractivity contribution is 5.83. The highest BCUT2D eigenvalue weighted by Crippen LogP contribution is 2.21. The van der Waals surface area contributed by atoms with Crippen molar-refractivity contribution in [1.82, 2.24) is 5.32 Å². The number of aryl methyl sites for hydroxylation is 1. The van der Waals surface area contributed by atoms with E-state index >= 15 is 0 Å². The van der Waals surface area contributed by atoms with Crippen LogP contribution in [0, 0.1) is 18.3 Å². The maximum atomic E-state index is 11.3. The number of hydrogen-bond donors (Lipinski definition) is 1. The lowest BCUT2D eigenvalue weighted by molar-refractivity contribution is -0.120. The van der Waals surface area contributed by atoms with Crippen LogP contribution in [0.1, 0.15) is 11.1 Å². The normalized spacial score (nSPS) is 15.5. The first-order chi connectivity index (χ1) is 7.70. The molecule has 82 valence electrons. The monoisotopic (exact) mass is 215 g/mol.